The third-order valence-electron chi connectivity index (χ3n) is 3.18. The molecule has 0 aromatic heterocycles. The van der Waals surface area contributed by atoms with Crippen LogP contribution >= 0.6 is 8.60 Å². The van der Waals surface area contributed by atoms with Gasteiger partial charge in [-0.15, -0.1) is 0 Å². The van der Waals surface area contributed by atoms with Crippen molar-refractivity contribution in [3.05, 3.63) is 89.7 Å². The van der Waals surface area contributed by atoms with Crippen molar-refractivity contribution in [2.24, 2.45) is 0 Å². The summed E-state index contributed by atoms with van der Waals surface area (Å²) in [6.45, 7) is 0. The summed E-state index contributed by atoms with van der Waals surface area (Å²) in [6.07, 6.45) is 0. The smallest absolute Gasteiger partial charge is 0.409 e. The molecule has 9 heteroatoms. The van der Waals surface area contributed by atoms with Gasteiger partial charge in [0.1, 0.15) is 11.5 Å². The summed E-state index contributed by atoms with van der Waals surface area (Å²) in [5, 5.41) is 0. The number of benzene rings is 3. The van der Waals surface area contributed by atoms with Crippen molar-refractivity contribution >= 4 is 8.60 Å². The molecule has 0 N–H and O–H groups in total. The molecule has 0 saturated heterocycles. The maximum Gasteiger partial charge on any atom is 0.530 e. The number of hydrogen-bond acceptors (Lipinski definition) is 3. The lowest BCUT2D eigenvalue weighted by molar-refractivity contribution is 0.326. The molecular formula is C18H10F5O3P. The monoisotopic (exact) mass is 400 g/mol. The summed E-state index contributed by atoms with van der Waals surface area (Å²) in [6, 6.07) is 15.9. The largest absolute Gasteiger partial charge is 0.530 e. The van der Waals surface area contributed by atoms with Crippen LogP contribution in [0.5, 0.6) is 17.2 Å². The molecule has 0 heterocycles. The highest BCUT2D eigenvalue weighted by Crippen LogP contribution is 2.44. The van der Waals surface area contributed by atoms with Gasteiger partial charge in [-0.2, -0.15) is 8.78 Å². The van der Waals surface area contributed by atoms with Crippen molar-refractivity contribution in [3.8, 4) is 17.2 Å². The molecule has 0 bridgehead atoms. The summed E-state index contributed by atoms with van der Waals surface area (Å²) in [5.41, 5.74) is 0. The van der Waals surface area contributed by atoms with Crippen molar-refractivity contribution in [1.29, 1.82) is 0 Å². The van der Waals surface area contributed by atoms with Gasteiger partial charge in [-0.25, -0.2) is 13.2 Å². The molecule has 0 aliphatic heterocycles. The first kappa shape index (κ1) is 18.9. The molecule has 0 unspecified atom stereocenters. The Hall–Kier alpha value is -2.86. The van der Waals surface area contributed by atoms with E-state index in [1.807, 2.05) is 0 Å². The first-order chi connectivity index (χ1) is 13.0. The van der Waals surface area contributed by atoms with E-state index in [4.69, 9.17) is 13.6 Å². The second-order valence-electron chi connectivity index (χ2n) is 5.02. The lowest BCUT2D eigenvalue weighted by Gasteiger charge is -2.18. The molecule has 0 amide bonds. The van der Waals surface area contributed by atoms with Crippen molar-refractivity contribution in [2.75, 3.05) is 0 Å². The Morgan fingerprint density at radius 3 is 1.26 bits per heavy atom. The van der Waals surface area contributed by atoms with Crippen LogP contribution in [0.3, 0.4) is 0 Å². The topological polar surface area (TPSA) is 27.7 Å². The van der Waals surface area contributed by atoms with Gasteiger partial charge in [-0.1, -0.05) is 36.4 Å². The van der Waals surface area contributed by atoms with Gasteiger partial charge < -0.3 is 13.6 Å². The first-order valence-electron chi connectivity index (χ1n) is 7.43. The molecule has 0 aliphatic rings. The van der Waals surface area contributed by atoms with Crippen LogP contribution in [0.1, 0.15) is 0 Å². The van der Waals surface area contributed by atoms with Gasteiger partial charge in [0.15, 0.2) is 0 Å². The van der Waals surface area contributed by atoms with Gasteiger partial charge in [0, 0.05) is 0 Å². The normalized spacial score (nSPS) is 10.7. The van der Waals surface area contributed by atoms with Gasteiger partial charge in [0.05, 0.1) is 0 Å². The number of para-hydroxylation sites is 2. The molecule has 27 heavy (non-hydrogen) atoms. The van der Waals surface area contributed by atoms with E-state index in [1.54, 1.807) is 36.4 Å². The minimum atomic E-state index is -2.59. The van der Waals surface area contributed by atoms with E-state index in [0.29, 0.717) is 0 Å². The first-order valence-corrected chi connectivity index (χ1v) is 8.52. The number of hydrogen-bond donors (Lipinski definition) is 0. The standard InChI is InChI=1S/C18H10F5O3P/c19-13-14(20)16(22)18(17(23)15(13)21)26-27(24-11-7-3-1-4-8-11)25-12-9-5-2-6-10-12/h1-10H. The molecule has 0 saturated carbocycles. The summed E-state index contributed by atoms with van der Waals surface area (Å²) >= 11 is 0. The third kappa shape index (κ3) is 4.28. The molecule has 3 nitrogen and oxygen atoms in total. The minimum absolute atomic E-state index is 0.211. The molecule has 3 aromatic carbocycles. The lowest BCUT2D eigenvalue weighted by atomic mass is 10.3. The summed E-state index contributed by atoms with van der Waals surface area (Å²) in [5.74, 6) is -11.8. The lowest BCUT2D eigenvalue weighted by Crippen LogP contribution is -2.08. The van der Waals surface area contributed by atoms with Crippen LogP contribution in [0.2, 0.25) is 0 Å². The minimum Gasteiger partial charge on any atom is -0.409 e. The van der Waals surface area contributed by atoms with E-state index >= 15 is 0 Å². The Morgan fingerprint density at radius 2 is 0.852 bits per heavy atom. The molecule has 3 aromatic rings. The van der Waals surface area contributed by atoms with Crippen LogP contribution in [0, 0.1) is 29.1 Å². The van der Waals surface area contributed by atoms with Gasteiger partial charge in [-0.05, 0) is 24.3 Å². The number of rotatable bonds is 6. The fraction of sp³-hybridized carbons (Fsp3) is 0. The summed E-state index contributed by atoms with van der Waals surface area (Å²) in [7, 11) is -2.59. The average Bonchev–Trinajstić information content (AvgIpc) is 2.69. The van der Waals surface area contributed by atoms with Gasteiger partial charge >= 0.3 is 8.60 Å². The zero-order valence-corrected chi connectivity index (χ0v) is 14.2. The molecule has 3 rings (SSSR count). The Labute approximate surface area is 151 Å². The van der Waals surface area contributed by atoms with Crippen molar-refractivity contribution < 1.29 is 35.5 Å². The predicted octanol–water partition coefficient (Wildman–Crippen LogP) is 6.15. The highest BCUT2D eigenvalue weighted by atomic mass is 31.2. The van der Waals surface area contributed by atoms with Crippen molar-refractivity contribution in [3.63, 3.8) is 0 Å². The van der Waals surface area contributed by atoms with E-state index in [2.05, 4.69) is 0 Å². The number of halogens is 5. The van der Waals surface area contributed by atoms with Crippen LogP contribution in [0.15, 0.2) is 60.7 Å². The predicted molar refractivity (Wildman–Crippen MR) is 87.9 cm³/mol. The van der Waals surface area contributed by atoms with Crippen molar-refractivity contribution in [1.82, 2.24) is 0 Å². The highest BCUT2D eigenvalue weighted by molar-refractivity contribution is 7.43. The van der Waals surface area contributed by atoms with E-state index in [-0.39, 0.29) is 11.5 Å². The summed E-state index contributed by atoms with van der Waals surface area (Å²) in [4.78, 5) is 0. The summed E-state index contributed by atoms with van der Waals surface area (Å²) < 4.78 is 83.5. The van der Waals surface area contributed by atoms with E-state index < -0.39 is 43.4 Å². The van der Waals surface area contributed by atoms with Crippen LogP contribution in [-0.2, 0) is 0 Å². The molecule has 0 radical (unpaired) electrons. The molecule has 0 fully saturated rings. The zero-order valence-electron chi connectivity index (χ0n) is 13.3. The van der Waals surface area contributed by atoms with Crippen molar-refractivity contribution in [2.45, 2.75) is 0 Å². The molecule has 140 valence electrons. The highest BCUT2D eigenvalue weighted by Gasteiger charge is 2.31. The molecule has 0 aliphatic carbocycles. The van der Waals surface area contributed by atoms with Gasteiger partial charge in [0.2, 0.25) is 34.8 Å². The van der Waals surface area contributed by atoms with Gasteiger partial charge in [0.25, 0.3) is 0 Å². The van der Waals surface area contributed by atoms with E-state index in [1.165, 1.54) is 24.3 Å². The maximum atomic E-state index is 13.9. The second kappa shape index (κ2) is 8.22. The van der Waals surface area contributed by atoms with Crippen LogP contribution in [0.4, 0.5) is 22.0 Å². The Morgan fingerprint density at radius 1 is 0.481 bits per heavy atom. The van der Waals surface area contributed by atoms with E-state index in [0.717, 1.165) is 0 Å². The van der Waals surface area contributed by atoms with Gasteiger partial charge in [-0.3, -0.25) is 0 Å². The van der Waals surface area contributed by atoms with Crippen LogP contribution in [-0.4, -0.2) is 0 Å². The fourth-order valence-corrected chi connectivity index (χ4v) is 2.94. The SMILES string of the molecule is Fc1c(F)c(F)c(OP(Oc2ccccc2)Oc2ccccc2)c(F)c1F. The molecular weight excluding hydrogens is 390 g/mol. The average molecular weight is 400 g/mol. The quantitative estimate of drug-likeness (QED) is 0.215. The Kier molecular flexibility index (Phi) is 5.76. The maximum absolute atomic E-state index is 13.9. The third-order valence-corrected chi connectivity index (χ3v) is 4.23. The van der Waals surface area contributed by atoms with Crippen LogP contribution < -0.4 is 13.6 Å². The Balaban J connectivity index is 1.94. The van der Waals surface area contributed by atoms with Crippen LogP contribution in [0.25, 0.3) is 0 Å². The Bertz CT molecular complexity index is 855. The second-order valence-corrected chi connectivity index (χ2v) is 6.02. The fourth-order valence-electron chi connectivity index (χ4n) is 1.93. The van der Waals surface area contributed by atoms with E-state index in [9.17, 15) is 22.0 Å². The molecule has 0 spiro atoms. The zero-order chi connectivity index (χ0) is 19.4. The molecule has 0 atom stereocenters.